The van der Waals surface area contributed by atoms with Gasteiger partial charge in [-0.1, -0.05) is 48.5 Å². The van der Waals surface area contributed by atoms with Gasteiger partial charge in [0.05, 0.1) is 0 Å². The number of aromatic amines is 1. The largest absolute Gasteiger partial charge is 0.346 e. The number of H-pyrrole nitrogens is 1. The summed E-state index contributed by atoms with van der Waals surface area (Å²) in [6.45, 7) is 0.627. The molecule has 5 aromatic rings. The van der Waals surface area contributed by atoms with Crippen LogP contribution in [0.3, 0.4) is 0 Å². The zero-order chi connectivity index (χ0) is 26.3. The van der Waals surface area contributed by atoms with Gasteiger partial charge in [-0.2, -0.15) is 0 Å². The molecule has 188 valence electrons. The second-order valence-corrected chi connectivity index (χ2v) is 8.75. The van der Waals surface area contributed by atoms with E-state index in [4.69, 9.17) is 0 Å². The first-order valence-electron chi connectivity index (χ1n) is 12.3. The summed E-state index contributed by atoms with van der Waals surface area (Å²) < 4.78 is 0. The number of anilines is 2. The Morgan fingerprint density at radius 3 is 2.42 bits per heavy atom. The van der Waals surface area contributed by atoms with Crippen LogP contribution in [0.1, 0.15) is 10.4 Å². The van der Waals surface area contributed by atoms with E-state index in [0.29, 0.717) is 17.8 Å². The number of fused-ring (bicyclic) bond motifs is 1. The molecule has 4 N–H and O–H groups in total. The SMILES string of the molecule is CNC/C=C/C(=O)Nc1cccc(-c2cnc3[nH]cc(-c4ccc(C(=O)Nc5ccccc5)cc4)c3c2)c1. The first-order chi connectivity index (χ1) is 18.6. The van der Waals surface area contributed by atoms with Gasteiger partial charge in [0, 0.05) is 58.5 Å². The molecule has 38 heavy (non-hydrogen) atoms. The van der Waals surface area contributed by atoms with Gasteiger partial charge in [0.25, 0.3) is 5.91 Å². The predicted octanol–water partition coefficient (Wildman–Crippen LogP) is 5.86. The first-order valence-corrected chi connectivity index (χ1v) is 12.3. The number of nitrogens with one attached hydrogen (secondary N) is 4. The molecule has 5 rings (SSSR count). The highest BCUT2D eigenvalue weighted by atomic mass is 16.2. The Balaban J connectivity index is 1.37. The molecule has 0 unspecified atom stereocenters. The summed E-state index contributed by atoms with van der Waals surface area (Å²) in [6, 6.07) is 26.7. The highest BCUT2D eigenvalue weighted by Crippen LogP contribution is 2.32. The Labute approximate surface area is 220 Å². The molecule has 2 aromatic heterocycles. The number of benzene rings is 3. The Hall–Kier alpha value is -5.01. The average molecular weight is 502 g/mol. The van der Waals surface area contributed by atoms with Crippen LogP contribution in [0, 0.1) is 0 Å². The summed E-state index contributed by atoms with van der Waals surface area (Å²) in [7, 11) is 1.83. The van der Waals surface area contributed by atoms with Crippen molar-refractivity contribution in [2.75, 3.05) is 24.2 Å². The van der Waals surface area contributed by atoms with Crippen molar-refractivity contribution in [1.29, 1.82) is 0 Å². The van der Waals surface area contributed by atoms with Crippen LogP contribution >= 0.6 is 0 Å². The molecule has 0 atom stereocenters. The van der Waals surface area contributed by atoms with Gasteiger partial charge in [-0.25, -0.2) is 4.98 Å². The van der Waals surface area contributed by atoms with Gasteiger partial charge in [-0.05, 0) is 60.6 Å². The quantitative estimate of drug-likeness (QED) is 0.200. The summed E-state index contributed by atoms with van der Waals surface area (Å²) in [5.74, 6) is -0.338. The number of aromatic nitrogens is 2. The summed E-state index contributed by atoms with van der Waals surface area (Å²) >= 11 is 0. The smallest absolute Gasteiger partial charge is 0.255 e. The van der Waals surface area contributed by atoms with Crippen LogP contribution < -0.4 is 16.0 Å². The Bertz CT molecular complexity index is 1600. The lowest BCUT2D eigenvalue weighted by atomic mass is 10.0. The van der Waals surface area contributed by atoms with E-state index in [1.54, 1.807) is 6.08 Å². The van der Waals surface area contributed by atoms with Gasteiger partial charge in [-0.3, -0.25) is 9.59 Å². The summed E-state index contributed by atoms with van der Waals surface area (Å²) in [5, 5.41) is 9.74. The minimum atomic E-state index is -0.181. The Kier molecular flexibility index (Phi) is 7.38. The molecule has 0 fully saturated rings. The van der Waals surface area contributed by atoms with Crippen LogP contribution in [0.5, 0.6) is 0 Å². The number of carbonyl (C=O) groups excluding carboxylic acids is 2. The molecule has 0 saturated carbocycles. The molecule has 0 aliphatic heterocycles. The highest BCUT2D eigenvalue weighted by molar-refractivity contribution is 6.05. The molecule has 7 nitrogen and oxygen atoms in total. The van der Waals surface area contributed by atoms with Crippen molar-refractivity contribution in [2.24, 2.45) is 0 Å². The molecule has 3 aromatic carbocycles. The average Bonchev–Trinajstić information content (AvgIpc) is 3.37. The van der Waals surface area contributed by atoms with Gasteiger partial charge < -0.3 is 20.9 Å². The third-order valence-electron chi connectivity index (χ3n) is 6.08. The lowest BCUT2D eigenvalue weighted by Crippen LogP contribution is -2.11. The van der Waals surface area contributed by atoms with Crippen molar-refractivity contribution in [1.82, 2.24) is 15.3 Å². The molecule has 0 bridgehead atoms. The fraction of sp³-hybridized carbons (Fsp3) is 0.0645. The second-order valence-electron chi connectivity index (χ2n) is 8.75. The van der Waals surface area contributed by atoms with Crippen LogP contribution in [-0.2, 0) is 4.79 Å². The molecular weight excluding hydrogens is 474 g/mol. The molecule has 0 aliphatic carbocycles. The zero-order valence-corrected chi connectivity index (χ0v) is 20.9. The normalized spacial score (nSPS) is 11.1. The van der Waals surface area contributed by atoms with Crippen LogP contribution in [-0.4, -0.2) is 35.4 Å². The Morgan fingerprint density at radius 1 is 0.842 bits per heavy atom. The van der Waals surface area contributed by atoms with Crippen LogP contribution in [0.15, 0.2) is 109 Å². The maximum absolute atomic E-state index is 12.6. The number of hydrogen-bond acceptors (Lipinski definition) is 4. The first kappa shape index (κ1) is 24.7. The monoisotopic (exact) mass is 501 g/mol. The molecule has 0 spiro atoms. The van der Waals surface area contributed by atoms with E-state index in [-0.39, 0.29) is 11.8 Å². The van der Waals surface area contributed by atoms with E-state index < -0.39 is 0 Å². The molecule has 0 radical (unpaired) electrons. The van der Waals surface area contributed by atoms with Crippen molar-refractivity contribution >= 4 is 34.2 Å². The Morgan fingerprint density at radius 2 is 1.63 bits per heavy atom. The summed E-state index contributed by atoms with van der Waals surface area (Å²) in [5.41, 5.74) is 6.65. The van der Waals surface area contributed by atoms with Crippen molar-refractivity contribution in [3.05, 3.63) is 115 Å². The molecule has 2 heterocycles. The van der Waals surface area contributed by atoms with E-state index in [1.165, 1.54) is 6.08 Å². The van der Waals surface area contributed by atoms with E-state index in [1.807, 2.05) is 98.3 Å². The fourth-order valence-corrected chi connectivity index (χ4v) is 4.17. The van der Waals surface area contributed by atoms with Crippen molar-refractivity contribution in [3.63, 3.8) is 0 Å². The van der Waals surface area contributed by atoms with Crippen LogP contribution in [0.2, 0.25) is 0 Å². The van der Waals surface area contributed by atoms with E-state index >= 15 is 0 Å². The van der Waals surface area contributed by atoms with Crippen LogP contribution in [0.4, 0.5) is 11.4 Å². The number of carbonyl (C=O) groups is 2. The van der Waals surface area contributed by atoms with E-state index in [0.717, 1.165) is 39.0 Å². The molecule has 2 amide bonds. The third kappa shape index (κ3) is 5.69. The topological polar surface area (TPSA) is 98.9 Å². The maximum Gasteiger partial charge on any atom is 0.255 e. The highest BCUT2D eigenvalue weighted by Gasteiger charge is 2.12. The third-order valence-corrected chi connectivity index (χ3v) is 6.08. The number of para-hydroxylation sites is 1. The predicted molar refractivity (Wildman–Crippen MR) is 153 cm³/mol. The lowest BCUT2D eigenvalue weighted by Gasteiger charge is -2.08. The second kappa shape index (κ2) is 11.4. The summed E-state index contributed by atoms with van der Waals surface area (Å²) in [4.78, 5) is 32.6. The maximum atomic E-state index is 12.6. The molecule has 0 aliphatic rings. The van der Waals surface area contributed by atoms with Gasteiger partial charge in [0.1, 0.15) is 5.65 Å². The molecule has 0 saturated heterocycles. The van der Waals surface area contributed by atoms with E-state index in [2.05, 4.69) is 32.0 Å². The minimum absolute atomic E-state index is 0.157. The van der Waals surface area contributed by atoms with Gasteiger partial charge in [-0.15, -0.1) is 0 Å². The number of rotatable bonds is 8. The van der Waals surface area contributed by atoms with Crippen molar-refractivity contribution in [2.45, 2.75) is 0 Å². The lowest BCUT2D eigenvalue weighted by molar-refractivity contribution is -0.111. The standard InChI is InChI=1S/C31H27N5O2/c1-32-16-6-11-29(37)35-26-10-5-7-23(17-26)24-18-27-28(20-34-30(27)33-19-24)21-12-14-22(15-13-21)31(38)36-25-8-3-2-4-9-25/h2-15,17-20,32H,16H2,1H3,(H,33,34)(H,35,37)(H,36,38)/b11-6+. The number of amides is 2. The van der Waals surface area contributed by atoms with Crippen LogP contribution in [0.25, 0.3) is 33.3 Å². The van der Waals surface area contributed by atoms with Gasteiger partial charge in [0.2, 0.25) is 5.91 Å². The number of pyridine rings is 1. The molecular formula is C31H27N5O2. The fourth-order valence-electron chi connectivity index (χ4n) is 4.17. The number of nitrogens with zero attached hydrogens (tertiary/aromatic N) is 1. The van der Waals surface area contributed by atoms with Gasteiger partial charge >= 0.3 is 0 Å². The molecule has 7 heteroatoms. The van der Waals surface area contributed by atoms with Crippen molar-refractivity contribution < 1.29 is 9.59 Å². The number of likely N-dealkylation sites (N-methyl/N-ethyl adjacent to an activating group) is 1. The summed E-state index contributed by atoms with van der Waals surface area (Å²) in [6.07, 6.45) is 7.02. The zero-order valence-electron chi connectivity index (χ0n) is 20.9. The van der Waals surface area contributed by atoms with Gasteiger partial charge in [0.15, 0.2) is 0 Å². The minimum Gasteiger partial charge on any atom is -0.346 e. The van der Waals surface area contributed by atoms with Crippen molar-refractivity contribution in [3.8, 4) is 22.3 Å². The van der Waals surface area contributed by atoms with E-state index in [9.17, 15) is 9.59 Å². The number of hydrogen-bond donors (Lipinski definition) is 4.